The highest BCUT2D eigenvalue weighted by Gasteiger charge is 2.31. The van der Waals surface area contributed by atoms with Crippen molar-refractivity contribution in [2.75, 3.05) is 31.1 Å². The van der Waals surface area contributed by atoms with Crippen LogP contribution < -0.4 is 4.90 Å². The molecule has 1 aromatic heterocycles. The van der Waals surface area contributed by atoms with Crippen LogP contribution in [0.15, 0.2) is 54.6 Å². The van der Waals surface area contributed by atoms with E-state index in [1.807, 2.05) is 56.0 Å². The number of alkyl halides is 3. The maximum Gasteiger partial charge on any atom is 0.416 e. The molecule has 1 atom stereocenters. The Morgan fingerprint density at radius 3 is 2.28 bits per heavy atom. The second-order valence-corrected chi connectivity index (χ2v) is 9.05. The lowest BCUT2D eigenvalue weighted by molar-refractivity contribution is -0.137. The summed E-state index contributed by atoms with van der Waals surface area (Å²) in [5.74, 6) is 0.972. The topological polar surface area (TPSA) is 49.3 Å². The molecular weight excluding hydrogens is 465 g/mol. The Morgan fingerprint density at radius 1 is 0.972 bits per heavy atom. The first kappa shape index (κ1) is 25.7. The zero-order valence-corrected chi connectivity index (χ0v) is 20.8. The summed E-state index contributed by atoms with van der Waals surface area (Å²) in [6.45, 7) is 8.24. The fraction of sp³-hybridized carbons (Fsp3) is 0.393. The van der Waals surface area contributed by atoms with Crippen molar-refractivity contribution in [3.05, 3.63) is 77.0 Å². The highest BCUT2D eigenvalue weighted by Crippen LogP contribution is 2.33. The maximum absolute atomic E-state index is 13.3. The number of halogens is 3. The number of nitrogens with zero attached hydrogens (tertiary/aromatic N) is 4. The summed E-state index contributed by atoms with van der Waals surface area (Å²) in [4.78, 5) is 26.6. The SMILES string of the molecule is CCc1c(C)nc(-c2cccc(C(F)(F)F)c2)nc1N1CCN(C(=O)C(CC)c2ccccc2)CC1. The van der Waals surface area contributed by atoms with Crippen molar-refractivity contribution in [2.45, 2.75) is 45.7 Å². The summed E-state index contributed by atoms with van der Waals surface area (Å²) in [5.41, 5.74) is 2.36. The van der Waals surface area contributed by atoms with E-state index in [0.29, 0.717) is 38.2 Å². The highest BCUT2D eigenvalue weighted by atomic mass is 19.4. The Balaban J connectivity index is 1.56. The average Bonchev–Trinajstić information content (AvgIpc) is 2.89. The van der Waals surface area contributed by atoms with Crippen LogP contribution in [0.1, 0.15) is 48.6 Å². The quantitative estimate of drug-likeness (QED) is 0.428. The molecule has 0 aliphatic carbocycles. The molecule has 3 aromatic rings. The third-order valence-corrected chi connectivity index (χ3v) is 6.79. The van der Waals surface area contributed by atoms with E-state index in [1.165, 1.54) is 6.07 Å². The number of carbonyl (C=O) groups excluding carboxylic acids is 1. The van der Waals surface area contributed by atoms with Gasteiger partial charge in [0.2, 0.25) is 5.91 Å². The zero-order chi connectivity index (χ0) is 25.9. The van der Waals surface area contributed by atoms with Crippen LogP contribution in [-0.2, 0) is 17.4 Å². The molecule has 36 heavy (non-hydrogen) atoms. The van der Waals surface area contributed by atoms with Gasteiger partial charge in [0.1, 0.15) is 5.82 Å². The van der Waals surface area contributed by atoms with Crippen molar-refractivity contribution >= 4 is 11.7 Å². The fourth-order valence-electron chi connectivity index (χ4n) is 4.82. The number of aromatic nitrogens is 2. The number of hydrogen-bond donors (Lipinski definition) is 0. The summed E-state index contributed by atoms with van der Waals surface area (Å²) >= 11 is 0. The van der Waals surface area contributed by atoms with Crippen molar-refractivity contribution in [3.8, 4) is 11.4 Å². The largest absolute Gasteiger partial charge is 0.416 e. The number of amides is 1. The molecule has 2 heterocycles. The van der Waals surface area contributed by atoms with Gasteiger partial charge in [0.05, 0.1) is 11.5 Å². The number of hydrogen-bond acceptors (Lipinski definition) is 4. The lowest BCUT2D eigenvalue weighted by Crippen LogP contribution is -2.50. The second kappa shape index (κ2) is 10.7. The van der Waals surface area contributed by atoms with Crippen molar-refractivity contribution in [1.82, 2.24) is 14.9 Å². The van der Waals surface area contributed by atoms with Gasteiger partial charge in [0, 0.05) is 43.0 Å². The van der Waals surface area contributed by atoms with Crippen molar-refractivity contribution in [3.63, 3.8) is 0 Å². The number of benzene rings is 2. The summed E-state index contributed by atoms with van der Waals surface area (Å²) in [6, 6.07) is 15.0. The molecule has 5 nitrogen and oxygen atoms in total. The normalized spacial score (nSPS) is 15.2. The summed E-state index contributed by atoms with van der Waals surface area (Å²) in [5, 5.41) is 0. The van der Waals surface area contributed by atoms with Gasteiger partial charge < -0.3 is 9.80 Å². The first-order valence-corrected chi connectivity index (χ1v) is 12.4. The van der Waals surface area contributed by atoms with Crippen LogP contribution in [0.5, 0.6) is 0 Å². The van der Waals surface area contributed by atoms with Crippen molar-refractivity contribution in [2.24, 2.45) is 0 Å². The molecule has 190 valence electrons. The van der Waals surface area contributed by atoms with Crippen LogP contribution in [0, 0.1) is 6.92 Å². The standard InChI is InChI=1S/C28H31F3N4O/c1-4-23-19(3)32-25(21-12-9-13-22(18-21)28(29,30)31)33-26(23)34-14-16-35(17-15-34)27(36)24(5-2)20-10-7-6-8-11-20/h6-13,18,24H,4-5,14-17H2,1-3H3. The van der Waals surface area contributed by atoms with E-state index >= 15 is 0 Å². The molecule has 1 amide bonds. The Kier molecular flexibility index (Phi) is 7.62. The molecule has 4 rings (SSSR count). The Morgan fingerprint density at radius 2 is 1.67 bits per heavy atom. The molecule has 1 aliphatic rings. The van der Waals surface area contributed by atoms with E-state index in [-0.39, 0.29) is 17.6 Å². The monoisotopic (exact) mass is 496 g/mol. The van der Waals surface area contributed by atoms with E-state index < -0.39 is 11.7 Å². The predicted molar refractivity (Wildman–Crippen MR) is 135 cm³/mol. The van der Waals surface area contributed by atoms with Gasteiger partial charge in [-0.1, -0.05) is 56.3 Å². The van der Waals surface area contributed by atoms with E-state index in [0.717, 1.165) is 41.2 Å². The van der Waals surface area contributed by atoms with Crippen LogP contribution in [0.25, 0.3) is 11.4 Å². The Hall–Kier alpha value is -3.42. The average molecular weight is 497 g/mol. The molecule has 1 fully saturated rings. The van der Waals surface area contributed by atoms with Crippen LogP contribution in [0.3, 0.4) is 0 Å². The third-order valence-electron chi connectivity index (χ3n) is 6.79. The Bertz CT molecular complexity index is 1210. The number of carbonyl (C=O) groups is 1. The number of piperazine rings is 1. The van der Waals surface area contributed by atoms with Crippen LogP contribution in [0.2, 0.25) is 0 Å². The number of aryl methyl sites for hydroxylation is 1. The van der Waals surface area contributed by atoms with Gasteiger partial charge >= 0.3 is 6.18 Å². The van der Waals surface area contributed by atoms with E-state index in [4.69, 9.17) is 4.98 Å². The minimum Gasteiger partial charge on any atom is -0.353 e. The molecule has 1 saturated heterocycles. The maximum atomic E-state index is 13.3. The fourth-order valence-corrected chi connectivity index (χ4v) is 4.82. The smallest absolute Gasteiger partial charge is 0.353 e. The van der Waals surface area contributed by atoms with Crippen LogP contribution in [0.4, 0.5) is 19.0 Å². The van der Waals surface area contributed by atoms with E-state index in [9.17, 15) is 18.0 Å². The minimum absolute atomic E-state index is 0.127. The van der Waals surface area contributed by atoms with Gasteiger partial charge in [-0.2, -0.15) is 13.2 Å². The van der Waals surface area contributed by atoms with Gasteiger partial charge in [-0.3, -0.25) is 4.79 Å². The molecule has 2 aromatic carbocycles. The minimum atomic E-state index is -4.43. The first-order chi connectivity index (χ1) is 17.2. The lowest BCUT2D eigenvalue weighted by Gasteiger charge is -2.38. The summed E-state index contributed by atoms with van der Waals surface area (Å²) in [7, 11) is 0. The first-order valence-electron chi connectivity index (χ1n) is 12.4. The molecule has 0 radical (unpaired) electrons. The lowest BCUT2D eigenvalue weighted by atomic mass is 9.95. The summed E-state index contributed by atoms with van der Waals surface area (Å²) in [6.07, 6.45) is -3.00. The second-order valence-electron chi connectivity index (χ2n) is 9.05. The molecule has 1 aliphatic heterocycles. The van der Waals surface area contributed by atoms with Gasteiger partial charge in [0.25, 0.3) is 0 Å². The van der Waals surface area contributed by atoms with E-state index in [1.54, 1.807) is 6.07 Å². The Labute approximate surface area is 210 Å². The molecule has 0 N–H and O–H groups in total. The van der Waals surface area contributed by atoms with Gasteiger partial charge in [-0.05, 0) is 37.5 Å². The molecule has 0 spiro atoms. The van der Waals surface area contributed by atoms with Crippen molar-refractivity contribution in [1.29, 1.82) is 0 Å². The van der Waals surface area contributed by atoms with Crippen molar-refractivity contribution < 1.29 is 18.0 Å². The summed E-state index contributed by atoms with van der Waals surface area (Å²) < 4.78 is 39.8. The van der Waals surface area contributed by atoms with Gasteiger partial charge in [0.15, 0.2) is 5.82 Å². The molecule has 8 heteroatoms. The van der Waals surface area contributed by atoms with Gasteiger partial charge in [-0.25, -0.2) is 9.97 Å². The van der Waals surface area contributed by atoms with Crippen LogP contribution in [-0.4, -0.2) is 47.0 Å². The number of anilines is 1. The predicted octanol–water partition coefficient (Wildman–Crippen LogP) is 5.88. The highest BCUT2D eigenvalue weighted by molar-refractivity contribution is 5.84. The van der Waals surface area contributed by atoms with E-state index in [2.05, 4.69) is 9.88 Å². The van der Waals surface area contributed by atoms with Gasteiger partial charge in [-0.15, -0.1) is 0 Å². The molecular formula is C28H31F3N4O. The number of rotatable bonds is 6. The van der Waals surface area contributed by atoms with Crippen LogP contribution >= 0.6 is 0 Å². The zero-order valence-electron chi connectivity index (χ0n) is 20.8. The molecule has 0 bridgehead atoms. The molecule has 0 saturated carbocycles. The molecule has 1 unspecified atom stereocenters. The third kappa shape index (κ3) is 5.37.